The third-order valence-electron chi connectivity index (χ3n) is 4.16. The van der Waals surface area contributed by atoms with E-state index in [1.165, 1.54) is 0 Å². The van der Waals surface area contributed by atoms with Crippen molar-refractivity contribution in [2.24, 2.45) is 5.41 Å². The Balaban J connectivity index is 1.53. The molecule has 0 atom stereocenters. The molecule has 3 aliphatic rings. The van der Waals surface area contributed by atoms with Gasteiger partial charge >= 0.3 is 0 Å². The number of hydrogen-bond acceptors (Lipinski definition) is 6. The first-order valence-electron chi connectivity index (χ1n) is 6.94. The molecule has 0 aliphatic carbocycles. The number of nitrogens with zero attached hydrogens (tertiary/aromatic N) is 4. The van der Waals surface area contributed by atoms with Gasteiger partial charge in [-0.3, -0.25) is 0 Å². The van der Waals surface area contributed by atoms with Crippen LogP contribution in [0, 0.1) is 5.41 Å². The van der Waals surface area contributed by atoms with E-state index in [0.717, 1.165) is 64.4 Å². The van der Waals surface area contributed by atoms with E-state index in [0.29, 0.717) is 10.6 Å². The van der Waals surface area contributed by atoms with E-state index in [1.807, 2.05) is 6.07 Å². The lowest BCUT2D eigenvalue weighted by molar-refractivity contribution is -0.127. The summed E-state index contributed by atoms with van der Waals surface area (Å²) in [4.78, 5) is 13.4. The Morgan fingerprint density at radius 3 is 2.45 bits per heavy atom. The molecular weight excluding hydrogens is 280 g/mol. The summed E-state index contributed by atoms with van der Waals surface area (Å²) in [5.41, 5.74) is 0.352. The first kappa shape index (κ1) is 12.6. The molecule has 4 heterocycles. The fourth-order valence-electron chi connectivity index (χ4n) is 2.97. The molecule has 0 radical (unpaired) electrons. The molecule has 1 aromatic rings. The molecule has 0 unspecified atom stereocenters. The highest BCUT2D eigenvalue weighted by molar-refractivity contribution is 6.29. The molecule has 0 N–H and O–H groups in total. The van der Waals surface area contributed by atoms with Crippen molar-refractivity contribution < 1.29 is 9.47 Å². The van der Waals surface area contributed by atoms with Crippen molar-refractivity contribution in [2.45, 2.75) is 0 Å². The van der Waals surface area contributed by atoms with E-state index in [4.69, 9.17) is 21.1 Å². The van der Waals surface area contributed by atoms with E-state index in [9.17, 15) is 0 Å². The second kappa shape index (κ2) is 4.72. The number of halogens is 1. The SMILES string of the molecule is Clc1cc(N2CCOCC2)nc(N2CC3(COC3)C2)n1. The molecule has 0 amide bonds. The molecule has 7 heteroatoms. The van der Waals surface area contributed by atoms with Crippen molar-refractivity contribution in [1.82, 2.24) is 9.97 Å². The van der Waals surface area contributed by atoms with E-state index in [1.54, 1.807) is 0 Å². The highest BCUT2D eigenvalue weighted by atomic mass is 35.5. The monoisotopic (exact) mass is 296 g/mol. The average molecular weight is 297 g/mol. The lowest BCUT2D eigenvalue weighted by atomic mass is 9.78. The van der Waals surface area contributed by atoms with Gasteiger partial charge < -0.3 is 19.3 Å². The summed E-state index contributed by atoms with van der Waals surface area (Å²) in [5.74, 6) is 1.63. The van der Waals surface area contributed by atoms with E-state index in [2.05, 4.69) is 19.8 Å². The van der Waals surface area contributed by atoms with E-state index in [-0.39, 0.29) is 0 Å². The normalized spacial score (nSPS) is 24.4. The summed E-state index contributed by atoms with van der Waals surface area (Å²) in [6, 6.07) is 1.83. The predicted octanol–water partition coefficient (Wildman–Crippen LogP) is 0.803. The zero-order valence-corrected chi connectivity index (χ0v) is 12.0. The molecule has 0 saturated carbocycles. The van der Waals surface area contributed by atoms with Gasteiger partial charge in [-0.15, -0.1) is 0 Å². The molecule has 3 saturated heterocycles. The van der Waals surface area contributed by atoms with Crippen molar-refractivity contribution in [3.63, 3.8) is 0 Å². The molecule has 1 spiro atoms. The quantitative estimate of drug-likeness (QED) is 0.753. The highest BCUT2D eigenvalue weighted by Crippen LogP contribution is 2.39. The minimum absolute atomic E-state index is 0.352. The van der Waals surface area contributed by atoms with Gasteiger partial charge in [0.15, 0.2) is 0 Å². The van der Waals surface area contributed by atoms with Crippen molar-refractivity contribution >= 4 is 23.4 Å². The third kappa shape index (κ3) is 2.12. The number of hydrogen-bond donors (Lipinski definition) is 0. The van der Waals surface area contributed by atoms with Crippen LogP contribution in [-0.4, -0.2) is 62.6 Å². The van der Waals surface area contributed by atoms with Gasteiger partial charge in [-0.1, -0.05) is 11.6 Å². The van der Waals surface area contributed by atoms with Gasteiger partial charge in [0.1, 0.15) is 11.0 Å². The first-order chi connectivity index (χ1) is 9.74. The van der Waals surface area contributed by atoms with Crippen LogP contribution in [0.15, 0.2) is 6.07 Å². The molecule has 108 valence electrons. The van der Waals surface area contributed by atoms with Gasteiger partial charge in [0.05, 0.1) is 31.8 Å². The molecule has 3 fully saturated rings. The van der Waals surface area contributed by atoms with Crippen LogP contribution >= 0.6 is 11.6 Å². The van der Waals surface area contributed by atoms with Crippen molar-refractivity contribution in [3.05, 3.63) is 11.2 Å². The summed E-state index contributed by atoms with van der Waals surface area (Å²) in [6.07, 6.45) is 0. The Kier molecular flexibility index (Phi) is 2.98. The molecule has 20 heavy (non-hydrogen) atoms. The van der Waals surface area contributed by atoms with Crippen molar-refractivity contribution in [1.29, 1.82) is 0 Å². The van der Waals surface area contributed by atoms with Crippen LogP contribution in [0.5, 0.6) is 0 Å². The second-order valence-corrected chi connectivity index (χ2v) is 6.18. The molecule has 4 rings (SSSR count). The molecule has 0 bridgehead atoms. The summed E-state index contributed by atoms with van der Waals surface area (Å²) in [6.45, 7) is 6.84. The summed E-state index contributed by atoms with van der Waals surface area (Å²) in [5, 5.41) is 0.502. The second-order valence-electron chi connectivity index (χ2n) is 5.80. The molecule has 0 aromatic carbocycles. The Morgan fingerprint density at radius 2 is 1.80 bits per heavy atom. The van der Waals surface area contributed by atoms with Crippen molar-refractivity contribution in [2.75, 3.05) is 62.4 Å². The van der Waals surface area contributed by atoms with Crippen LogP contribution in [0.1, 0.15) is 0 Å². The molecule has 6 nitrogen and oxygen atoms in total. The minimum Gasteiger partial charge on any atom is -0.380 e. The Labute approximate surface area is 122 Å². The maximum atomic E-state index is 6.15. The van der Waals surface area contributed by atoms with E-state index < -0.39 is 0 Å². The van der Waals surface area contributed by atoms with Crippen molar-refractivity contribution in [3.8, 4) is 0 Å². The summed E-state index contributed by atoms with van der Waals surface area (Å²) >= 11 is 6.15. The molecular formula is C13H17ClN4O2. The van der Waals surface area contributed by atoms with Gasteiger partial charge in [-0.25, -0.2) is 4.98 Å². The van der Waals surface area contributed by atoms with Gasteiger partial charge in [0.25, 0.3) is 0 Å². The Bertz CT molecular complexity index is 509. The van der Waals surface area contributed by atoms with Crippen LogP contribution in [0.4, 0.5) is 11.8 Å². The fourth-order valence-corrected chi connectivity index (χ4v) is 3.14. The molecule has 3 aliphatic heterocycles. The summed E-state index contributed by atoms with van der Waals surface area (Å²) < 4.78 is 10.7. The van der Waals surface area contributed by atoms with E-state index >= 15 is 0 Å². The van der Waals surface area contributed by atoms with Crippen LogP contribution < -0.4 is 9.80 Å². The topological polar surface area (TPSA) is 50.7 Å². The minimum atomic E-state index is 0.352. The largest absolute Gasteiger partial charge is 0.380 e. The maximum absolute atomic E-state index is 6.15. The third-order valence-corrected chi connectivity index (χ3v) is 4.35. The zero-order chi connectivity index (χ0) is 13.6. The number of aromatic nitrogens is 2. The number of rotatable bonds is 2. The standard InChI is InChI=1S/C13H17ClN4O2/c14-10-5-11(17-1-3-19-4-2-17)16-12(15-10)18-6-13(7-18)8-20-9-13/h5H,1-4,6-9H2. The van der Waals surface area contributed by atoms with Crippen LogP contribution in [-0.2, 0) is 9.47 Å². The molecule has 1 aromatic heterocycles. The first-order valence-corrected chi connectivity index (χ1v) is 7.32. The number of ether oxygens (including phenoxy) is 2. The van der Waals surface area contributed by atoms with Crippen LogP contribution in [0.3, 0.4) is 0 Å². The summed E-state index contributed by atoms with van der Waals surface area (Å²) in [7, 11) is 0. The lowest BCUT2D eigenvalue weighted by Gasteiger charge is -2.54. The zero-order valence-electron chi connectivity index (χ0n) is 11.2. The Hall–Kier alpha value is -1.11. The lowest BCUT2D eigenvalue weighted by Crippen LogP contribution is -2.66. The highest BCUT2D eigenvalue weighted by Gasteiger charge is 2.50. The van der Waals surface area contributed by atoms with Gasteiger partial charge in [-0.2, -0.15) is 4.98 Å². The predicted molar refractivity (Wildman–Crippen MR) is 75.5 cm³/mol. The van der Waals surface area contributed by atoms with Crippen LogP contribution in [0.25, 0.3) is 0 Å². The Morgan fingerprint density at radius 1 is 1.05 bits per heavy atom. The number of anilines is 2. The van der Waals surface area contributed by atoms with Crippen LogP contribution in [0.2, 0.25) is 5.15 Å². The van der Waals surface area contributed by atoms with Gasteiger partial charge in [0.2, 0.25) is 5.95 Å². The maximum Gasteiger partial charge on any atom is 0.228 e. The van der Waals surface area contributed by atoms with Gasteiger partial charge in [-0.05, 0) is 0 Å². The average Bonchev–Trinajstić information content (AvgIpc) is 2.36. The fraction of sp³-hybridized carbons (Fsp3) is 0.692. The smallest absolute Gasteiger partial charge is 0.228 e. The van der Waals surface area contributed by atoms with Gasteiger partial charge in [0, 0.05) is 32.2 Å². The number of morpholine rings is 1.